The lowest BCUT2D eigenvalue weighted by molar-refractivity contribution is -0.146. The molecule has 0 aromatic carbocycles. The number of carbonyl (C=O) groups is 2. The standard InChI is InChI=1S/C14H20N2O4/c1-3-10-4-6-14(7-5-10,13(18)19)16-12(17)11-9(2)8-15-20-11/h8,10H,3-7H2,1-2H3,(H,16,17)(H,18,19). The molecule has 6 heteroatoms. The minimum Gasteiger partial charge on any atom is -0.480 e. The van der Waals surface area contributed by atoms with Gasteiger partial charge >= 0.3 is 5.97 Å². The molecule has 0 atom stereocenters. The number of nitrogens with zero attached hydrogens (tertiary/aromatic N) is 1. The van der Waals surface area contributed by atoms with Crippen LogP contribution in [0.4, 0.5) is 0 Å². The van der Waals surface area contributed by atoms with E-state index in [9.17, 15) is 14.7 Å². The zero-order valence-electron chi connectivity index (χ0n) is 11.8. The summed E-state index contributed by atoms with van der Waals surface area (Å²) in [5.41, 5.74) is -0.576. The van der Waals surface area contributed by atoms with Crippen LogP contribution in [0.25, 0.3) is 0 Å². The van der Waals surface area contributed by atoms with Gasteiger partial charge in [0.1, 0.15) is 5.54 Å². The molecule has 1 amide bonds. The largest absolute Gasteiger partial charge is 0.480 e. The Morgan fingerprint density at radius 2 is 2.15 bits per heavy atom. The smallest absolute Gasteiger partial charge is 0.329 e. The number of carboxylic acids is 1. The molecule has 1 saturated carbocycles. The maximum atomic E-state index is 12.1. The van der Waals surface area contributed by atoms with Crippen LogP contribution in [0.3, 0.4) is 0 Å². The summed E-state index contributed by atoms with van der Waals surface area (Å²) >= 11 is 0. The molecule has 0 spiro atoms. The highest BCUT2D eigenvalue weighted by atomic mass is 16.5. The summed E-state index contributed by atoms with van der Waals surface area (Å²) in [7, 11) is 0. The van der Waals surface area contributed by atoms with Crippen LogP contribution >= 0.6 is 0 Å². The molecule has 1 aromatic heterocycles. The van der Waals surface area contributed by atoms with Crippen LogP contribution in [0.2, 0.25) is 0 Å². The first kappa shape index (κ1) is 14.6. The molecule has 0 radical (unpaired) electrons. The summed E-state index contributed by atoms with van der Waals surface area (Å²) in [5.74, 6) is -0.843. The van der Waals surface area contributed by atoms with Gasteiger partial charge in [-0.15, -0.1) is 0 Å². The highest BCUT2D eigenvalue weighted by Gasteiger charge is 2.43. The third-order valence-electron chi connectivity index (χ3n) is 4.25. The summed E-state index contributed by atoms with van der Waals surface area (Å²) in [6.45, 7) is 3.81. The third-order valence-corrected chi connectivity index (χ3v) is 4.25. The van der Waals surface area contributed by atoms with Gasteiger partial charge in [-0.25, -0.2) is 4.79 Å². The van der Waals surface area contributed by atoms with Gasteiger partial charge in [0, 0.05) is 5.56 Å². The molecule has 0 aliphatic heterocycles. The van der Waals surface area contributed by atoms with Crippen molar-refractivity contribution in [2.24, 2.45) is 5.92 Å². The number of carboxylic acid groups (broad SMARTS) is 1. The van der Waals surface area contributed by atoms with E-state index in [1.807, 2.05) is 0 Å². The minimum absolute atomic E-state index is 0.0863. The van der Waals surface area contributed by atoms with Crippen LogP contribution in [0.15, 0.2) is 10.7 Å². The Labute approximate surface area is 117 Å². The molecular weight excluding hydrogens is 260 g/mol. The van der Waals surface area contributed by atoms with Gasteiger partial charge in [-0.3, -0.25) is 4.79 Å². The molecule has 1 aliphatic rings. The van der Waals surface area contributed by atoms with E-state index in [-0.39, 0.29) is 5.76 Å². The number of amides is 1. The Morgan fingerprint density at radius 3 is 2.60 bits per heavy atom. The van der Waals surface area contributed by atoms with Crippen molar-refractivity contribution in [2.45, 2.75) is 51.5 Å². The van der Waals surface area contributed by atoms with Gasteiger partial charge in [0.25, 0.3) is 5.91 Å². The van der Waals surface area contributed by atoms with Gasteiger partial charge in [-0.2, -0.15) is 0 Å². The van der Waals surface area contributed by atoms with E-state index < -0.39 is 17.4 Å². The monoisotopic (exact) mass is 280 g/mol. The number of aryl methyl sites for hydroxylation is 1. The van der Waals surface area contributed by atoms with E-state index in [1.165, 1.54) is 6.20 Å². The van der Waals surface area contributed by atoms with E-state index in [1.54, 1.807) is 6.92 Å². The molecular formula is C14H20N2O4. The SMILES string of the molecule is CCC1CCC(NC(=O)c2oncc2C)(C(=O)O)CC1. The molecule has 110 valence electrons. The Balaban J connectivity index is 2.13. The van der Waals surface area contributed by atoms with Crippen molar-refractivity contribution in [2.75, 3.05) is 0 Å². The predicted octanol–water partition coefficient (Wildman–Crippen LogP) is 2.14. The molecule has 1 heterocycles. The first-order chi connectivity index (χ1) is 9.48. The van der Waals surface area contributed by atoms with E-state index in [0.29, 0.717) is 24.3 Å². The second-order valence-electron chi connectivity index (χ2n) is 5.53. The lowest BCUT2D eigenvalue weighted by atomic mass is 9.75. The van der Waals surface area contributed by atoms with Crippen LogP contribution in [0.1, 0.15) is 55.1 Å². The summed E-state index contributed by atoms with van der Waals surface area (Å²) in [6.07, 6.45) is 5.04. The van der Waals surface area contributed by atoms with Crippen LogP contribution in [-0.4, -0.2) is 27.7 Å². The summed E-state index contributed by atoms with van der Waals surface area (Å²) in [6, 6.07) is 0. The van der Waals surface area contributed by atoms with Crippen molar-refractivity contribution < 1.29 is 19.2 Å². The van der Waals surface area contributed by atoms with Gasteiger partial charge in [-0.1, -0.05) is 18.5 Å². The average Bonchev–Trinajstić information content (AvgIpc) is 2.85. The topological polar surface area (TPSA) is 92.4 Å². The van der Waals surface area contributed by atoms with Crippen LogP contribution < -0.4 is 5.32 Å². The molecule has 20 heavy (non-hydrogen) atoms. The Morgan fingerprint density at radius 1 is 1.50 bits per heavy atom. The maximum absolute atomic E-state index is 12.1. The highest BCUT2D eigenvalue weighted by molar-refractivity contribution is 5.96. The van der Waals surface area contributed by atoms with Crippen molar-refractivity contribution >= 4 is 11.9 Å². The minimum atomic E-state index is -1.18. The van der Waals surface area contributed by atoms with Gasteiger partial charge in [0.05, 0.1) is 6.20 Å². The van der Waals surface area contributed by atoms with Gasteiger partial charge < -0.3 is 14.9 Å². The zero-order valence-corrected chi connectivity index (χ0v) is 11.8. The summed E-state index contributed by atoms with van der Waals surface area (Å²) in [4.78, 5) is 23.7. The first-order valence-corrected chi connectivity index (χ1v) is 6.95. The zero-order chi connectivity index (χ0) is 14.8. The normalized spacial score (nSPS) is 26.2. The molecule has 1 aliphatic carbocycles. The fourth-order valence-electron chi connectivity index (χ4n) is 2.75. The average molecular weight is 280 g/mol. The number of carbonyl (C=O) groups excluding carboxylic acids is 1. The molecule has 0 saturated heterocycles. The number of rotatable bonds is 4. The fraction of sp³-hybridized carbons (Fsp3) is 0.643. The number of nitrogens with one attached hydrogen (secondary N) is 1. The van der Waals surface area contributed by atoms with Crippen LogP contribution in [0.5, 0.6) is 0 Å². The molecule has 2 N–H and O–H groups in total. The van der Waals surface area contributed by atoms with E-state index >= 15 is 0 Å². The van der Waals surface area contributed by atoms with Crippen molar-refractivity contribution in [3.8, 4) is 0 Å². The Kier molecular flexibility index (Phi) is 4.11. The van der Waals surface area contributed by atoms with Crippen molar-refractivity contribution in [1.29, 1.82) is 0 Å². The molecule has 6 nitrogen and oxygen atoms in total. The number of aromatic nitrogens is 1. The van der Waals surface area contributed by atoms with E-state index in [4.69, 9.17) is 4.52 Å². The lowest BCUT2D eigenvalue weighted by Crippen LogP contribution is -2.56. The quantitative estimate of drug-likeness (QED) is 0.881. The molecule has 2 rings (SSSR count). The van der Waals surface area contributed by atoms with Crippen LogP contribution in [-0.2, 0) is 4.79 Å². The predicted molar refractivity (Wildman–Crippen MR) is 71.3 cm³/mol. The van der Waals surface area contributed by atoms with Crippen molar-refractivity contribution in [3.63, 3.8) is 0 Å². The Hall–Kier alpha value is -1.85. The van der Waals surface area contributed by atoms with Crippen LogP contribution in [0, 0.1) is 12.8 Å². The maximum Gasteiger partial charge on any atom is 0.329 e. The van der Waals surface area contributed by atoms with Gasteiger partial charge in [-0.05, 0) is 38.5 Å². The highest BCUT2D eigenvalue weighted by Crippen LogP contribution is 2.34. The van der Waals surface area contributed by atoms with E-state index in [2.05, 4.69) is 17.4 Å². The third kappa shape index (κ3) is 2.69. The van der Waals surface area contributed by atoms with E-state index in [0.717, 1.165) is 19.3 Å². The van der Waals surface area contributed by atoms with Gasteiger partial charge in [0.2, 0.25) is 5.76 Å². The summed E-state index contributed by atoms with van der Waals surface area (Å²) in [5, 5.41) is 15.7. The number of hydrogen-bond donors (Lipinski definition) is 2. The van der Waals surface area contributed by atoms with Crippen molar-refractivity contribution in [3.05, 3.63) is 17.5 Å². The number of hydrogen-bond acceptors (Lipinski definition) is 4. The fourth-order valence-corrected chi connectivity index (χ4v) is 2.75. The molecule has 1 fully saturated rings. The molecule has 0 unspecified atom stereocenters. The molecule has 1 aromatic rings. The second kappa shape index (κ2) is 5.64. The molecule has 0 bridgehead atoms. The Bertz CT molecular complexity index is 501. The summed E-state index contributed by atoms with van der Waals surface area (Å²) < 4.78 is 4.88. The second-order valence-corrected chi connectivity index (χ2v) is 5.53. The first-order valence-electron chi connectivity index (χ1n) is 6.95. The van der Waals surface area contributed by atoms with Crippen molar-refractivity contribution in [1.82, 2.24) is 10.5 Å². The lowest BCUT2D eigenvalue weighted by Gasteiger charge is -2.36. The van der Waals surface area contributed by atoms with Gasteiger partial charge in [0.15, 0.2) is 0 Å². The number of aliphatic carboxylic acids is 1.